The first-order valence-electron chi connectivity index (χ1n) is 4.37. The number of anilines is 1. The maximum absolute atomic E-state index is 10.7. The van der Waals surface area contributed by atoms with E-state index in [1.54, 1.807) is 12.1 Å². The zero-order chi connectivity index (χ0) is 11.5. The second-order valence-corrected chi connectivity index (χ2v) is 3.98. The van der Waals surface area contributed by atoms with E-state index in [1.165, 1.54) is 30.3 Å². The molecule has 0 amide bonds. The number of carbonyl (C=O) groups is 1. The van der Waals surface area contributed by atoms with E-state index in [0.717, 1.165) is 4.90 Å². The predicted octanol–water partition coefficient (Wildman–Crippen LogP) is 2.11. The van der Waals surface area contributed by atoms with Crippen molar-refractivity contribution in [2.24, 2.45) is 0 Å². The summed E-state index contributed by atoms with van der Waals surface area (Å²) in [6, 6.07) is 4.70. The molecule has 82 valence electrons. The van der Waals surface area contributed by atoms with Crippen LogP contribution in [-0.4, -0.2) is 16.1 Å². The summed E-state index contributed by atoms with van der Waals surface area (Å²) < 4.78 is 5.05. The minimum absolute atomic E-state index is 0.0942. The summed E-state index contributed by atoms with van der Waals surface area (Å²) in [5.74, 6) is -1.04. The van der Waals surface area contributed by atoms with Gasteiger partial charge in [-0.15, -0.1) is 0 Å². The van der Waals surface area contributed by atoms with E-state index < -0.39 is 5.97 Å². The molecule has 1 aromatic heterocycles. The summed E-state index contributed by atoms with van der Waals surface area (Å²) >= 11 is 1.28. The Morgan fingerprint density at radius 3 is 2.88 bits per heavy atom. The molecule has 0 aliphatic rings. The van der Waals surface area contributed by atoms with Gasteiger partial charge in [0.25, 0.3) is 5.22 Å². The van der Waals surface area contributed by atoms with Crippen molar-refractivity contribution >= 4 is 23.4 Å². The van der Waals surface area contributed by atoms with Crippen molar-refractivity contribution in [3.63, 3.8) is 0 Å². The van der Waals surface area contributed by atoms with Crippen molar-refractivity contribution in [3.05, 3.63) is 36.2 Å². The summed E-state index contributed by atoms with van der Waals surface area (Å²) in [6.45, 7) is 0. The van der Waals surface area contributed by atoms with Crippen LogP contribution in [0.4, 0.5) is 5.69 Å². The molecule has 0 fully saturated rings. The predicted molar refractivity (Wildman–Crippen MR) is 58.4 cm³/mol. The molecule has 2 rings (SSSR count). The molecule has 0 saturated heterocycles. The molecular formula is C10H8N2O3S. The second kappa shape index (κ2) is 4.28. The van der Waals surface area contributed by atoms with Gasteiger partial charge in [-0.1, -0.05) is 0 Å². The largest absolute Gasteiger partial charge is 0.478 e. The summed E-state index contributed by atoms with van der Waals surface area (Å²) in [5.41, 5.74) is 5.93. The second-order valence-electron chi connectivity index (χ2n) is 2.95. The highest BCUT2D eigenvalue weighted by Gasteiger charge is 2.09. The van der Waals surface area contributed by atoms with Crippen LogP contribution in [0.1, 0.15) is 10.4 Å². The van der Waals surface area contributed by atoms with Gasteiger partial charge in [-0.25, -0.2) is 9.78 Å². The van der Waals surface area contributed by atoms with Crippen LogP contribution in [0.25, 0.3) is 0 Å². The third kappa shape index (κ3) is 2.17. The molecule has 1 heterocycles. The third-order valence-electron chi connectivity index (χ3n) is 1.87. The van der Waals surface area contributed by atoms with Gasteiger partial charge in [-0.2, -0.15) is 0 Å². The van der Waals surface area contributed by atoms with Crippen LogP contribution in [0.15, 0.2) is 45.2 Å². The number of rotatable bonds is 3. The smallest absolute Gasteiger partial charge is 0.337 e. The number of nitrogen functional groups attached to an aromatic ring is 1. The molecule has 1 aromatic carbocycles. The number of benzene rings is 1. The van der Waals surface area contributed by atoms with E-state index >= 15 is 0 Å². The van der Waals surface area contributed by atoms with E-state index in [1.807, 2.05) is 0 Å². The molecule has 5 nitrogen and oxygen atoms in total. The summed E-state index contributed by atoms with van der Waals surface area (Å²) in [4.78, 5) is 15.5. The first kappa shape index (κ1) is 10.6. The Labute approximate surface area is 95.3 Å². The summed E-state index contributed by atoms with van der Waals surface area (Å²) in [6.07, 6.45) is 3.01. The number of nitrogens with zero attached hydrogens (tertiary/aromatic N) is 1. The molecule has 0 radical (unpaired) electrons. The molecule has 16 heavy (non-hydrogen) atoms. The lowest BCUT2D eigenvalue weighted by atomic mass is 10.2. The Balaban J connectivity index is 2.24. The Bertz CT molecular complexity index is 511. The van der Waals surface area contributed by atoms with Gasteiger partial charge in [0.05, 0.1) is 11.8 Å². The van der Waals surface area contributed by atoms with Crippen molar-refractivity contribution in [2.75, 3.05) is 5.73 Å². The lowest BCUT2D eigenvalue weighted by molar-refractivity contribution is 0.0698. The molecule has 0 atom stereocenters. The molecule has 2 aromatic rings. The first-order chi connectivity index (χ1) is 7.66. The minimum atomic E-state index is -1.04. The van der Waals surface area contributed by atoms with E-state index in [9.17, 15) is 4.79 Å². The SMILES string of the molecule is Nc1cc(Sc2ncco2)ccc1C(=O)O. The molecule has 0 aliphatic heterocycles. The fourth-order valence-electron chi connectivity index (χ4n) is 1.16. The minimum Gasteiger partial charge on any atom is -0.478 e. The molecule has 0 spiro atoms. The standard InChI is InChI=1S/C10H8N2O3S/c11-8-5-6(1-2-7(8)9(13)14)16-10-12-3-4-15-10/h1-5H,11H2,(H,13,14). The van der Waals surface area contributed by atoms with Crippen molar-refractivity contribution in [3.8, 4) is 0 Å². The lowest BCUT2D eigenvalue weighted by Gasteiger charge is -2.02. The molecular weight excluding hydrogens is 228 g/mol. The molecule has 3 N–H and O–H groups in total. The monoisotopic (exact) mass is 236 g/mol. The van der Waals surface area contributed by atoms with E-state index in [4.69, 9.17) is 15.3 Å². The number of carboxylic acid groups (broad SMARTS) is 1. The molecule has 0 aliphatic carbocycles. The number of hydrogen-bond acceptors (Lipinski definition) is 5. The van der Waals surface area contributed by atoms with E-state index in [0.29, 0.717) is 5.22 Å². The van der Waals surface area contributed by atoms with Crippen LogP contribution in [0.2, 0.25) is 0 Å². The third-order valence-corrected chi connectivity index (χ3v) is 2.73. The topological polar surface area (TPSA) is 89.4 Å². The van der Waals surface area contributed by atoms with Crippen molar-refractivity contribution in [2.45, 2.75) is 10.1 Å². The van der Waals surface area contributed by atoms with Crippen LogP contribution in [-0.2, 0) is 0 Å². The van der Waals surface area contributed by atoms with Gasteiger partial charge >= 0.3 is 5.97 Å². The van der Waals surface area contributed by atoms with Crippen molar-refractivity contribution in [1.29, 1.82) is 0 Å². The maximum Gasteiger partial charge on any atom is 0.337 e. The van der Waals surface area contributed by atoms with Crippen LogP contribution < -0.4 is 5.73 Å². The van der Waals surface area contributed by atoms with Crippen LogP contribution >= 0.6 is 11.8 Å². The highest BCUT2D eigenvalue weighted by molar-refractivity contribution is 7.99. The zero-order valence-electron chi connectivity index (χ0n) is 8.08. The fourth-order valence-corrected chi connectivity index (χ4v) is 1.90. The average molecular weight is 236 g/mol. The van der Waals surface area contributed by atoms with Crippen LogP contribution in [0.5, 0.6) is 0 Å². The maximum atomic E-state index is 10.7. The molecule has 0 unspecified atom stereocenters. The lowest BCUT2D eigenvalue weighted by Crippen LogP contribution is -2.01. The Kier molecular flexibility index (Phi) is 2.82. The Morgan fingerprint density at radius 1 is 1.50 bits per heavy atom. The highest BCUT2D eigenvalue weighted by atomic mass is 32.2. The Morgan fingerprint density at radius 2 is 2.31 bits per heavy atom. The number of nitrogens with two attached hydrogens (primary N) is 1. The van der Waals surface area contributed by atoms with Gasteiger partial charge in [0, 0.05) is 10.6 Å². The van der Waals surface area contributed by atoms with Gasteiger partial charge in [0.1, 0.15) is 6.26 Å². The average Bonchev–Trinajstić information content (AvgIpc) is 2.70. The van der Waals surface area contributed by atoms with Gasteiger partial charge in [-0.3, -0.25) is 0 Å². The van der Waals surface area contributed by atoms with E-state index in [-0.39, 0.29) is 11.3 Å². The molecule has 6 heteroatoms. The van der Waals surface area contributed by atoms with Gasteiger partial charge in [0.2, 0.25) is 0 Å². The summed E-state index contributed by atoms with van der Waals surface area (Å²) in [5, 5.41) is 9.28. The van der Waals surface area contributed by atoms with Gasteiger partial charge in [-0.05, 0) is 30.0 Å². The molecule has 0 saturated carbocycles. The number of aromatic carboxylic acids is 1. The van der Waals surface area contributed by atoms with Crippen molar-refractivity contribution < 1.29 is 14.3 Å². The normalized spacial score (nSPS) is 10.2. The first-order valence-corrected chi connectivity index (χ1v) is 5.18. The van der Waals surface area contributed by atoms with Gasteiger partial charge < -0.3 is 15.3 Å². The number of oxazole rings is 1. The quantitative estimate of drug-likeness (QED) is 0.793. The van der Waals surface area contributed by atoms with Crippen LogP contribution in [0.3, 0.4) is 0 Å². The zero-order valence-corrected chi connectivity index (χ0v) is 8.90. The highest BCUT2D eigenvalue weighted by Crippen LogP contribution is 2.28. The summed E-state index contributed by atoms with van der Waals surface area (Å²) in [7, 11) is 0. The Hall–Kier alpha value is -1.95. The van der Waals surface area contributed by atoms with E-state index in [2.05, 4.69) is 4.98 Å². The van der Waals surface area contributed by atoms with Gasteiger partial charge in [0.15, 0.2) is 0 Å². The number of carboxylic acids is 1. The van der Waals surface area contributed by atoms with Crippen molar-refractivity contribution in [1.82, 2.24) is 4.98 Å². The number of hydrogen-bond donors (Lipinski definition) is 2. The fraction of sp³-hybridized carbons (Fsp3) is 0. The number of aromatic nitrogens is 1. The molecule has 0 bridgehead atoms. The van der Waals surface area contributed by atoms with Crippen LogP contribution in [0, 0.1) is 0 Å².